The van der Waals surface area contributed by atoms with Gasteiger partial charge in [-0.25, -0.2) is 4.98 Å². The third-order valence-electron chi connectivity index (χ3n) is 5.14. The molecule has 0 radical (unpaired) electrons. The van der Waals surface area contributed by atoms with Crippen LogP contribution >= 0.6 is 0 Å². The Hall–Kier alpha value is -3.66. The van der Waals surface area contributed by atoms with E-state index in [1.54, 1.807) is 23.4 Å². The third kappa shape index (κ3) is 3.13. The van der Waals surface area contributed by atoms with Crippen molar-refractivity contribution in [2.45, 2.75) is 31.8 Å². The summed E-state index contributed by atoms with van der Waals surface area (Å²) in [6.07, 6.45) is 4.07. The molecule has 0 bridgehead atoms. The van der Waals surface area contributed by atoms with Crippen molar-refractivity contribution in [3.05, 3.63) is 47.4 Å². The molecule has 2 unspecified atom stereocenters. The average Bonchev–Trinajstić information content (AvgIpc) is 3.35. The van der Waals surface area contributed by atoms with Gasteiger partial charge in [0.1, 0.15) is 11.5 Å². The van der Waals surface area contributed by atoms with Gasteiger partial charge in [0.05, 0.1) is 17.8 Å². The Balaban J connectivity index is 1.71. The molecule has 1 aromatic carbocycles. The molecule has 1 aliphatic rings. The fourth-order valence-electron chi connectivity index (χ4n) is 3.67. The van der Waals surface area contributed by atoms with Crippen LogP contribution in [-0.2, 0) is 9.59 Å². The van der Waals surface area contributed by atoms with Gasteiger partial charge in [-0.1, -0.05) is 12.1 Å². The molecule has 29 heavy (non-hydrogen) atoms. The van der Waals surface area contributed by atoms with Gasteiger partial charge in [-0.2, -0.15) is 15.4 Å². The van der Waals surface area contributed by atoms with Gasteiger partial charge < -0.3 is 5.73 Å². The number of imide groups is 1. The fraction of sp³-hybridized carbons (Fsp3) is 0.263. The van der Waals surface area contributed by atoms with Gasteiger partial charge in [-0.15, -0.1) is 0 Å². The number of H-pyrrole nitrogens is 1. The number of carbonyl (C=O) groups is 3. The summed E-state index contributed by atoms with van der Waals surface area (Å²) < 4.78 is 0. The van der Waals surface area contributed by atoms with Gasteiger partial charge in [0.25, 0.3) is 5.91 Å². The molecule has 2 aromatic heterocycles. The zero-order valence-corrected chi connectivity index (χ0v) is 15.6. The minimum absolute atomic E-state index is 0.123. The second kappa shape index (κ2) is 7.40. The molecular formula is C19H19N7O3. The maximum absolute atomic E-state index is 13.1. The maximum atomic E-state index is 13.1. The van der Waals surface area contributed by atoms with Crippen LogP contribution < -0.4 is 16.0 Å². The monoisotopic (exact) mass is 393 g/mol. The highest BCUT2D eigenvalue weighted by atomic mass is 16.2. The van der Waals surface area contributed by atoms with Crippen LogP contribution in [0.5, 0.6) is 0 Å². The molecule has 148 valence electrons. The SMILES string of the molecule is CC(CCC(=O)NC=O)N1C(=O)c2cccc3c(C(N)c4cn[nH]n4)cnc1c23. The predicted molar refractivity (Wildman–Crippen MR) is 104 cm³/mol. The lowest BCUT2D eigenvalue weighted by molar-refractivity contribution is -0.125. The molecule has 0 spiro atoms. The zero-order chi connectivity index (χ0) is 20.5. The summed E-state index contributed by atoms with van der Waals surface area (Å²) >= 11 is 0. The van der Waals surface area contributed by atoms with E-state index in [4.69, 9.17) is 5.73 Å². The Morgan fingerprint density at radius 2 is 2.21 bits per heavy atom. The molecule has 10 heteroatoms. The van der Waals surface area contributed by atoms with Crippen LogP contribution in [0, 0.1) is 0 Å². The summed E-state index contributed by atoms with van der Waals surface area (Å²) in [6.45, 7) is 1.85. The zero-order valence-electron chi connectivity index (χ0n) is 15.6. The van der Waals surface area contributed by atoms with Crippen molar-refractivity contribution < 1.29 is 14.4 Å². The highest BCUT2D eigenvalue weighted by Crippen LogP contribution is 2.40. The van der Waals surface area contributed by atoms with Gasteiger partial charge in [-0.05, 0) is 24.8 Å². The Morgan fingerprint density at radius 1 is 1.38 bits per heavy atom. The van der Waals surface area contributed by atoms with E-state index in [0.717, 1.165) is 16.3 Å². The van der Waals surface area contributed by atoms with Crippen molar-refractivity contribution in [3.8, 4) is 0 Å². The minimum Gasteiger partial charge on any atom is -0.319 e. The van der Waals surface area contributed by atoms with E-state index in [1.807, 2.05) is 19.1 Å². The molecule has 3 aromatic rings. The summed E-state index contributed by atoms with van der Waals surface area (Å²) in [4.78, 5) is 41.2. The third-order valence-corrected chi connectivity index (χ3v) is 5.14. The quantitative estimate of drug-likeness (QED) is 0.503. The van der Waals surface area contributed by atoms with Crippen LogP contribution in [0.25, 0.3) is 10.8 Å². The first-order chi connectivity index (χ1) is 14.0. The highest BCUT2D eigenvalue weighted by Gasteiger charge is 2.35. The number of nitrogens with one attached hydrogen (secondary N) is 2. The molecule has 0 aliphatic carbocycles. The molecule has 4 rings (SSSR count). The number of hydrogen-bond donors (Lipinski definition) is 3. The number of benzene rings is 1. The Kier molecular flexibility index (Phi) is 4.77. The molecular weight excluding hydrogens is 374 g/mol. The van der Waals surface area contributed by atoms with Crippen molar-refractivity contribution in [3.63, 3.8) is 0 Å². The Labute approximate surface area is 165 Å². The molecule has 10 nitrogen and oxygen atoms in total. The number of aromatic nitrogens is 4. The lowest BCUT2D eigenvalue weighted by atomic mass is 9.98. The number of carbonyl (C=O) groups excluding carboxylic acids is 3. The Morgan fingerprint density at radius 3 is 2.93 bits per heavy atom. The summed E-state index contributed by atoms with van der Waals surface area (Å²) in [7, 11) is 0. The lowest BCUT2D eigenvalue weighted by Crippen LogP contribution is -2.37. The number of pyridine rings is 1. The number of rotatable bonds is 7. The van der Waals surface area contributed by atoms with E-state index in [9.17, 15) is 14.4 Å². The summed E-state index contributed by atoms with van der Waals surface area (Å²) in [5.41, 5.74) is 8.21. The van der Waals surface area contributed by atoms with Gasteiger partial charge in [0.15, 0.2) is 0 Å². The molecule has 2 atom stereocenters. The van der Waals surface area contributed by atoms with E-state index >= 15 is 0 Å². The van der Waals surface area contributed by atoms with Crippen LogP contribution in [-0.4, -0.2) is 44.7 Å². The van der Waals surface area contributed by atoms with Crippen LogP contribution in [0.1, 0.15) is 47.4 Å². The van der Waals surface area contributed by atoms with Crippen LogP contribution in [0.3, 0.4) is 0 Å². The molecule has 4 N–H and O–H groups in total. The normalized spacial score (nSPS) is 14.8. The number of anilines is 1. The van der Waals surface area contributed by atoms with Gasteiger partial charge in [0, 0.05) is 29.6 Å². The second-order valence-electron chi connectivity index (χ2n) is 6.89. The second-order valence-corrected chi connectivity index (χ2v) is 6.89. The molecule has 0 saturated heterocycles. The smallest absolute Gasteiger partial charge is 0.260 e. The van der Waals surface area contributed by atoms with Crippen molar-refractivity contribution >= 4 is 34.8 Å². The lowest BCUT2D eigenvalue weighted by Gasteiger charge is -2.24. The van der Waals surface area contributed by atoms with E-state index < -0.39 is 6.04 Å². The summed E-state index contributed by atoms with van der Waals surface area (Å²) in [5, 5.41) is 14.1. The largest absolute Gasteiger partial charge is 0.319 e. The minimum atomic E-state index is -0.542. The van der Waals surface area contributed by atoms with E-state index in [0.29, 0.717) is 29.9 Å². The number of amides is 3. The predicted octanol–water partition coefficient (Wildman–Crippen LogP) is 0.802. The van der Waals surface area contributed by atoms with Crippen molar-refractivity contribution in [1.29, 1.82) is 0 Å². The summed E-state index contributed by atoms with van der Waals surface area (Å²) in [6, 6.07) is 4.65. The number of nitrogens with two attached hydrogens (primary N) is 1. The van der Waals surface area contributed by atoms with Gasteiger partial charge in [-0.3, -0.25) is 24.6 Å². The van der Waals surface area contributed by atoms with Crippen LogP contribution in [0.4, 0.5) is 5.82 Å². The molecule has 3 amide bonds. The topological polar surface area (TPSA) is 147 Å². The summed E-state index contributed by atoms with van der Waals surface area (Å²) in [5.74, 6) is -0.0170. The number of hydrogen-bond acceptors (Lipinski definition) is 7. The van der Waals surface area contributed by atoms with E-state index in [2.05, 4.69) is 25.7 Å². The highest BCUT2D eigenvalue weighted by molar-refractivity contribution is 6.24. The molecule has 1 aliphatic heterocycles. The van der Waals surface area contributed by atoms with E-state index in [1.165, 1.54) is 0 Å². The van der Waals surface area contributed by atoms with E-state index in [-0.39, 0.29) is 24.3 Å². The van der Waals surface area contributed by atoms with Gasteiger partial charge >= 0.3 is 0 Å². The fourth-order valence-corrected chi connectivity index (χ4v) is 3.67. The first-order valence-corrected chi connectivity index (χ1v) is 9.12. The molecule has 3 heterocycles. The van der Waals surface area contributed by atoms with Crippen LogP contribution in [0.2, 0.25) is 0 Å². The van der Waals surface area contributed by atoms with Gasteiger partial charge in [0.2, 0.25) is 12.3 Å². The Bertz CT molecular complexity index is 1100. The van der Waals surface area contributed by atoms with Crippen LogP contribution in [0.15, 0.2) is 30.6 Å². The standard InChI is InChI=1S/C19H19N7O3/c1-10(5-6-15(28)22-9-27)26-18-16-11(3-2-4-12(16)19(26)29)13(7-21-18)17(20)14-8-23-25-24-14/h2-4,7-10,17H,5-6,20H2,1H3,(H,22,27,28)(H,23,24,25). The molecule has 0 saturated carbocycles. The van der Waals surface area contributed by atoms with Crippen molar-refractivity contribution in [1.82, 2.24) is 25.7 Å². The first-order valence-electron chi connectivity index (χ1n) is 9.12. The molecule has 0 fully saturated rings. The van der Waals surface area contributed by atoms with Crippen molar-refractivity contribution in [2.75, 3.05) is 4.90 Å². The number of nitrogens with zero attached hydrogens (tertiary/aromatic N) is 4. The van der Waals surface area contributed by atoms with Crippen molar-refractivity contribution in [2.24, 2.45) is 5.73 Å². The number of aromatic amines is 1. The maximum Gasteiger partial charge on any atom is 0.260 e. The first kappa shape index (κ1) is 18.7. The average molecular weight is 393 g/mol.